The predicted octanol–water partition coefficient (Wildman–Crippen LogP) is 1.20. The van der Waals surface area contributed by atoms with Crippen LogP contribution in [0.1, 0.15) is 32.6 Å². The molecule has 0 aliphatic carbocycles. The second kappa shape index (κ2) is 9.84. The third-order valence-electron chi connectivity index (χ3n) is 2.05. The Kier molecular flexibility index (Phi) is 9.05. The number of hydrogen-bond acceptors (Lipinski definition) is 5. The van der Waals surface area contributed by atoms with Crippen molar-refractivity contribution < 1.29 is 24.2 Å². The molecular weight excluding hydrogens is 224 g/mol. The molecule has 0 amide bonds. The van der Waals surface area contributed by atoms with Crippen LogP contribution >= 0.6 is 0 Å². The van der Waals surface area contributed by atoms with Gasteiger partial charge in [0.2, 0.25) is 0 Å². The number of unbranched alkanes of at least 4 members (excludes halogenated alkanes) is 3. The van der Waals surface area contributed by atoms with Gasteiger partial charge in [-0.25, -0.2) is 9.59 Å². The summed E-state index contributed by atoms with van der Waals surface area (Å²) in [7, 11) is 0. The molecule has 0 aromatic carbocycles. The molecule has 0 radical (unpaired) electrons. The summed E-state index contributed by atoms with van der Waals surface area (Å²) >= 11 is 0. The fourth-order valence-corrected chi connectivity index (χ4v) is 1.12. The zero-order valence-electron chi connectivity index (χ0n) is 10.2. The smallest absolute Gasteiger partial charge is 0.344 e. The Morgan fingerprint density at radius 1 is 1.06 bits per heavy atom. The van der Waals surface area contributed by atoms with Gasteiger partial charge in [-0.05, 0) is 26.2 Å². The van der Waals surface area contributed by atoms with Gasteiger partial charge in [0.05, 0.1) is 13.2 Å². The fraction of sp³-hybridized carbons (Fsp3) is 0.667. The minimum Gasteiger partial charge on any atom is -0.462 e. The van der Waals surface area contributed by atoms with E-state index < -0.39 is 11.9 Å². The molecule has 17 heavy (non-hydrogen) atoms. The molecule has 0 spiro atoms. The topological polar surface area (TPSA) is 72.8 Å². The Hall–Kier alpha value is -1.36. The summed E-state index contributed by atoms with van der Waals surface area (Å²) in [6.07, 6.45) is 3.23. The second-order valence-electron chi connectivity index (χ2n) is 3.47. The summed E-state index contributed by atoms with van der Waals surface area (Å²) in [4.78, 5) is 22.4. The molecule has 0 rings (SSSR count). The molecule has 0 aromatic heterocycles. The zero-order valence-corrected chi connectivity index (χ0v) is 10.2. The Labute approximate surface area is 101 Å². The first kappa shape index (κ1) is 15.6. The number of aliphatic hydroxyl groups is 1. The maximum absolute atomic E-state index is 11.3. The zero-order chi connectivity index (χ0) is 13.1. The van der Waals surface area contributed by atoms with E-state index in [9.17, 15) is 9.59 Å². The summed E-state index contributed by atoms with van der Waals surface area (Å²) in [6, 6.07) is 0. The highest BCUT2D eigenvalue weighted by Gasteiger charge is 2.17. The van der Waals surface area contributed by atoms with Crippen LogP contribution in [0.2, 0.25) is 0 Å². The molecule has 0 aliphatic rings. The first-order chi connectivity index (χ1) is 8.13. The highest BCUT2D eigenvalue weighted by atomic mass is 16.6. The molecule has 0 heterocycles. The van der Waals surface area contributed by atoms with Gasteiger partial charge in [0.25, 0.3) is 0 Å². The maximum Gasteiger partial charge on any atom is 0.344 e. The van der Waals surface area contributed by atoms with E-state index >= 15 is 0 Å². The van der Waals surface area contributed by atoms with E-state index in [1.165, 1.54) is 0 Å². The van der Waals surface area contributed by atoms with Crippen LogP contribution in [-0.2, 0) is 19.1 Å². The summed E-state index contributed by atoms with van der Waals surface area (Å²) in [5, 5.41) is 8.55. The quantitative estimate of drug-likeness (QED) is 0.217. The average molecular weight is 244 g/mol. The Bertz CT molecular complexity index is 260. The molecule has 0 aliphatic heterocycles. The Morgan fingerprint density at radius 3 is 2.24 bits per heavy atom. The van der Waals surface area contributed by atoms with Crippen molar-refractivity contribution in [3.05, 3.63) is 12.2 Å². The van der Waals surface area contributed by atoms with Crippen molar-refractivity contribution in [2.45, 2.75) is 32.6 Å². The standard InChI is InChI=1S/C12H20O5/c1-3-16-11(14)10(2)12(15)17-9-7-5-4-6-8-13/h13H,2-9H2,1H3. The molecule has 0 unspecified atom stereocenters. The number of carbonyl (C=O) groups excluding carboxylic acids is 2. The van der Waals surface area contributed by atoms with Crippen LogP contribution in [0.25, 0.3) is 0 Å². The summed E-state index contributed by atoms with van der Waals surface area (Å²) in [6.45, 7) is 5.60. The van der Waals surface area contributed by atoms with Gasteiger partial charge < -0.3 is 14.6 Å². The van der Waals surface area contributed by atoms with Crippen molar-refractivity contribution in [1.82, 2.24) is 0 Å². The Morgan fingerprint density at radius 2 is 1.65 bits per heavy atom. The molecule has 0 saturated carbocycles. The molecule has 0 atom stereocenters. The molecule has 5 nitrogen and oxygen atoms in total. The van der Waals surface area contributed by atoms with Crippen LogP contribution in [-0.4, -0.2) is 36.9 Å². The third-order valence-corrected chi connectivity index (χ3v) is 2.05. The van der Waals surface area contributed by atoms with Gasteiger partial charge in [-0.2, -0.15) is 0 Å². The number of ether oxygens (including phenoxy) is 2. The van der Waals surface area contributed by atoms with E-state index in [2.05, 4.69) is 11.3 Å². The fourth-order valence-electron chi connectivity index (χ4n) is 1.12. The molecule has 0 bridgehead atoms. The van der Waals surface area contributed by atoms with Crippen LogP contribution in [0.4, 0.5) is 0 Å². The number of rotatable bonds is 9. The van der Waals surface area contributed by atoms with Crippen LogP contribution in [0.3, 0.4) is 0 Å². The van der Waals surface area contributed by atoms with Gasteiger partial charge in [0.15, 0.2) is 0 Å². The highest BCUT2D eigenvalue weighted by molar-refractivity contribution is 6.13. The van der Waals surface area contributed by atoms with Crippen LogP contribution < -0.4 is 0 Å². The lowest BCUT2D eigenvalue weighted by Gasteiger charge is -2.06. The van der Waals surface area contributed by atoms with Crippen molar-refractivity contribution >= 4 is 11.9 Å². The third kappa shape index (κ3) is 7.52. The van der Waals surface area contributed by atoms with Crippen LogP contribution in [0.15, 0.2) is 12.2 Å². The van der Waals surface area contributed by atoms with Crippen molar-refractivity contribution in [2.24, 2.45) is 0 Å². The second-order valence-corrected chi connectivity index (χ2v) is 3.47. The number of carbonyl (C=O) groups is 2. The normalized spacial score (nSPS) is 9.76. The van der Waals surface area contributed by atoms with Crippen molar-refractivity contribution in [3.8, 4) is 0 Å². The number of aliphatic hydroxyl groups excluding tert-OH is 1. The summed E-state index contributed by atoms with van der Waals surface area (Å²) in [5.74, 6) is -1.47. The van der Waals surface area contributed by atoms with Gasteiger partial charge in [0.1, 0.15) is 5.57 Å². The molecule has 0 saturated heterocycles. The molecule has 5 heteroatoms. The molecular formula is C12H20O5. The maximum atomic E-state index is 11.3. The first-order valence-electron chi connectivity index (χ1n) is 5.77. The van der Waals surface area contributed by atoms with Crippen LogP contribution in [0.5, 0.6) is 0 Å². The first-order valence-corrected chi connectivity index (χ1v) is 5.77. The van der Waals surface area contributed by atoms with E-state index in [1.54, 1.807) is 6.92 Å². The van der Waals surface area contributed by atoms with Gasteiger partial charge >= 0.3 is 11.9 Å². The van der Waals surface area contributed by atoms with E-state index in [4.69, 9.17) is 9.84 Å². The van der Waals surface area contributed by atoms with E-state index in [0.29, 0.717) is 6.42 Å². The van der Waals surface area contributed by atoms with E-state index in [0.717, 1.165) is 19.3 Å². The lowest BCUT2D eigenvalue weighted by molar-refractivity contribution is -0.146. The van der Waals surface area contributed by atoms with Crippen molar-refractivity contribution in [2.75, 3.05) is 19.8 Å². The van der Waals surface area contributed by atoms with Gasteiger partial charge in [0, 0.05) is 6.61 Å². The lowest BCUT2D eigenvalue weighted by atomic mass is 10.2. The largest absolute Gasteiger partial charge is 0.462 e. The molecule has 1 N–H and O–H groups in total. The minimum absolute atomic E-state index is 0.180. The summed E-state index contributed by atoms with van der Waals surface area (Å²) in [5.41, 5.74) is -0.276. The monoisotopic (exact) mass is 244 g/mol. The van der Waals surface area contributed by atoms with Crippen molar-refractivity contribution in [3.63, 3.8) is 0 Å². The molecule has 0 fully saturated rings. The van der Waals surface area contributed by atoms with E-state index in [-0.39, 0.29) is 25.4 Å². The number of esters is 2. The molecule has 98 valence electrons. The van der Waals surface area contributed by atoms with E-state index in [1.807, 2.05) is 0 Å². The highest BCUT2D eigenvalue weighted by Crippen LogP contribution is 2.02. The van der Waals surface area contributed by atoms with Crippen LogP contribution in [0, 0.1) is 0 Å². The predicted molar refractivity (Wildman–Crippen MR) is 62.3 cm³/mol. The summed E-state index contributed by atoms with van der Waals surface area (Å²) < 4.78 is 9.47. The minimum atomic E-state index is -0.738. The lowest BCUT2D eigenvalue weighted by Crippen LogP contribution is -2.17. The van der Waals surface area contributed by atoms with Crippen molar-refractivity contribution in [1.29, 1.82) is 0 Å². The Balaban J connectivity index is 3.64. The van der Waals surface area contributed by atoms with Gasteiger partial charge in [-0.1, -0.05) is 13.0 Å². The molecule has 0 aromatic rings. The SMILES string of the molecule is C=C(C(=O)OCC)C(=O)OCCCCCCO. The van der Waals surface area contributed by atoms with Gasteiger partial charge in [-0.3, -0.25) is 0 Å². The van der Waals surface area contributed by atoms with Gasteiger partial charge in [-0.15, -0.1) is 0 Å². The number of hydrogen-bond donors (Lipinski definition) is 1. The average Bonchev–Trinajstić information content (AvgIpc) is 2.32.